The fourth-order valence-electron chi connectivity index (χ4n) is 4.36. The van der Waals surface area contributed by atoms with Gasteiger partial charge in [0.05, 0.1) is 11.1 Å². The van der Waals surface area contributed by atoms with Gasteiger partial charge in [0.1, 0.15) is 5.82 Å². The van der Waals surface area contributed by atoms with Gasteiger partial charge in [-0.15, -0.1) is 0 Å². The largest absolute Gasteiger partial charge is 0.355 e. The molecule has 5 nitrogen and oxygen atoms in total. The molecular weight excluding hydrogens is 324 g/mol. The van der Waals surface area contributed by atoms with Crippen molar-refractivity contribution < 1.29 is 4.79 Å². The van der Waals surface area contributed by atoms with Gasteiger partial charge in [-0.1, -0.05) is 37.3 Å². The van der Waals surface area contributed by atoms with Crippen LogP contribution in [0.15, 0.2) is 42.6 Å². The summed E-state index contributed by atoms with van der Waals surface area (Å²) < 4.78 is 0. The number of amides is 1. The molecule has 1 saturated heterocycles. The van der Waals surface area contributed by atoms with Crippen LogP contribution in [0.1, 0.15) is 32.0 Å². The number of hydrogen-bond donors (Lipinski definition) is 2. The number of aromatic nitrogens is 2. The number of carbonyl (C=O) groups excluding carboxylic acids is 1. The van der Waals surface area contributed by atoms with E-state index < -0.39 is 0 Å². The van der Waals surface area contributed by atoms with Gasteiger partial charge in [0, 0.05) is 24.7 Å². The van der Waals surface area contributed by atoms with Gasteiger partial charge in [0.2, 0.25) is 5.91 Å². The Morgan fingerprint density at radius 1 is 1.19 bits per heavy atom. The van der Waals surface area contributed by atoms with E-state index in [2.05, 4.69) is 27.5 Å². The predicted octanol–water partition coefficient (Wildman–Crippen LogP) is 2.58. The number of nitrogens with zero attached hydrogens (tertiary/aromatic N) is 2. The van der Waals surface area contributed by atoms with Gasteiger partial charge in [-0.25, -0.2) is 9.97 Å². The van der Waals surface area contributed by atoms with Crippen LogP contribution in [-0.2, 0) is 11.2 Å². The summed E-state index contributed by atoms with van der Waals surface area (Å²) in [6, 6.07) is 12.0. The minimum Gasteiger partial charge on any atom is -0.355 e. The number of benzene rings is 1. The first kappa shape index (κ1) is 17.2. The van der Waals surface area contributed by atoms with E-state index in [9.17, 15) is 4.79 Å². The van der Waals surface area contributed by atoms with Gasteiger partial charge in [0.15, 0.2) is 0 Å². The quantitative estimate of drug-likeness (QED) is 0.870. The average molecular weight is 350 g/mol. The maximum Gasteiger partial charge on any atom is 0.226 e. The monoisotopic (exact) mass is 350 g/mol. The molecule has 1 spiro atoms. The third kappa shape index (κ3) is 3.12. The maximum atomic E-state index is 12.7. The van der Waals surface area contributed by atoms with Crippen molar-refractivity contribution in [2.45, 2.75) is 32.6 Å². The van der Waals surface area contributed by atoms with Crippen molar-refractivity contribution in [3.05, 3.63) is 48.4 Å². The van der Waals surface area contributed by atoms with E-state index in [-0.39, 0.29) is 16.7 Å². The molecule has 4 rings (SSSR count). The Balaban J connectivity index is 1.33. The molecule has 1 amide bonds. The van der Waals surface area contributed by atoms with E-state index in [0.717, 1.165) is 49.4 Å². The normalized spacial score (nSPS) is 23.6. The molecule has 1 unspecified atom stereocenters. The molecular formula is C21H26N4O. The first-order valence-corrected chi connectivity index (χ1v) is 9.49. The van der Waals surface area contributed by atoms with Gasteiger partial charge in [-0.3, -0.25) is 4.79 Å². The first-order valence-electron chi connectivity index (χ1n) is 9.49. The fraction of sp³-hybridized carbons (Fsp3) is 0.476. The predicted molar refractivity (Wildman–Crippen MR) is 101 cm³/mol. The molecule has 1 aromatic heterocycles. The Morgan fingerprint density at radius 2 is 1.96 bits per heavy atom. The molecule has 136 valence electrons. The van der Waals surface area contributed by atoms with Gasteiger partial charge in [-0.2, -0.15) is 0 Å². The molecule has 26 heavy (non-hydrogen) atoms. The molecule has 2 aromatic rings. The second-order valence-electron chi connectivity index (χ2n) is 7.77. The van der Waals surface area contributed by atoms with Crippen LogP contribution in [0.5, 0.6) is 0 Å². The zero-order chi connectivity index (χ0) is 18.0. The van der Waals surface area contributed by atoms with Crippen LogP contribution in [0.3, 0.4) is 0 Å². The van der Waals surface area contributed by atoms with Crippen molar-refractivity contribution >= 4 is 5.91 Å². The smallest absolute Gasteiger partial charge is 0.226 e. The lowest BCUT2D eigenvalue weighted by Gasteiger charge is -2.27. The Labute approximate surface area is 154 Å². The van der Waals surface area contributed by atoms with E-state index in [1.165, 1.54) is 0 Å². The number of carbonyl (C=O) groups is 1. The summed E-state index contributed by atoms with van der Waals surface area (Å²) in [5.41, 5.74) is 2.04. The zero-order valence-electron chi connectivity index (χ0n) is 15.3. The van der Waals surface area contributed by atoms with E-state index in [1.54, 1.807) is 6.20 Å². The van der Waals surface area contributed by atoms with Crippen molar-refractivity contribution in [1.29, 1.82) is 0 Å². The molecule has 1 saturated carbocycles. The van der Waals surface area contributed by atoms with Crippen LogP contribution in [0.25, 0.3) is 11.3 Å². The van der Waals surface area contributed by atoms with Crippen molar-refractivity contribution in [3.63, 3.8) is 0 Å². The summed E-state index contributed by atoms with van der Waals surface area (Å²) in [5, 5.41) is 6.52. The molecule has 2 N–H and O–H groups in total. The topological polar surface area (TPSA) is 66.9 Å². The van der Waals surface area contributed by atoms with Gasteiger partial charge < -0.3 is 10.6 Å². The lowest BCUT2D eigenvalue weighted by atomic mass is 9.85. The molecule has 1 aliphatic carbocycles. The summed E-state index contributed by atoms with van der Waals surface area (Å²) in [4.78, 5) is 21.7. The molecule has 1 atom stereocenters. The van der Waals surface area contributed by atoms with Crippen molar-refractivity contribution in [2.24, 2.45) is 10.8 Å². The highest BCUT2D eigenvalue weighted by Crippen LogP contribution is 2.68. The highest BCUT2D eigenvalue weighted by molar-refractivity contribution is 5.86. The van der Waals surface area contributed by atoms with Crippen LogP contribution in [0.2, 0.25) is 0 Å². The number of piperidine rings is 1. The maximum absolute atomic E-state index is 12.7. The van der Waals surface area contributed by atoms with Gasteiger partial charge >= 0.3 is 0 Å². The molecule has 2 heterocycles. The van der Waals surface area contributed by atoms with Crippen molar-refractivity contribution in [1.82, 2.24) is 20.6 Å². The van der Waals surface area contributed by atoms with E-state index in [0.29, 0.717) is 13.0 Å². The average Bonchev–Trinajstić information content (AvgIpc) is 3.27. The minimum atomic E-state index is -0.193. The molecule has 0 radical (unpaired) electrons. The molecule has 2 aliphatic rings. The molecule has 1 aliphatic heterocycles. The van der Waals surface area contributed by atoms with Crippen LogP contribution in [-0.4, -0.2) is 35.5 Å². The minimum absolute atomic E-state index is 0.193. The molecule has 5 heteroatoms. The van der Waals surface area contributed by atoms with Crippen molar-refractivity contribution in [3.8, 4) is 11.3 Å². The Morgan fingerprint density at radius 3 is 2.73 bits per heavy atom. The third-order valence-corrected chi connectivity index (χ3v) is 6.21. The highest BCUT2D eigenvalue weighted by atomic mass is 16.2. The summed E-state index contributed by atoms with van der Waals surface area (Å²) in [5.74, 6) is 0.961. The van der Waals surface area contributed by atoms with Gasteiger partial charge in [-0.05, 0) is 43.8 Å². The lowest BCUT2D eigenvalue weighted by molar-refractivity contribution is -0.127. The second-order valence-corrected chi connectivity index (χ2v) is 7.77. The van der Waals surface area contributed by atoms with E-state index in [1.807, 2.05) is 36.4 Å². The standard InChI is InChI=1S/C21H26N4O/c1-20(15-21(20)9-13-22-14-10-21)19(26)24-12-8-18-23-11-7-17(25-18)16-5-3-2-4-6-16/h2-7,11,22H,8-10,12-15H2,1H3,(H,24,26). The number of hydrogen-bond acceptors (Lipinski definition) is 4. The molecule has 1 aromatic carbocycles. The van der Waals surface area contributed by atoms with Crippen LogP contribution in [0, 0.1) is 10.8 Å². The van der Waals surface area contributed by atoms with Crippen LogP contribution in [0.4, 0.5) is 0 Å². The first-order chi connectivity index (χ1) is 12.6. The highest BCUT2D eigenvalue weighted by Gasteiger charge is 2.67. The second kappa shape index (κ2) is 6.80. The Hall–Kier alpha value is -2.27. The van der Waals surface area contributed by atoms with Crippen LogP contribution < -0.4 is 10.6 Å². The van der Waals surface area contributed by atoms with Crippen LogP contribution >= 0.6 is 0 Å². The number of rotatable bonds is 5. The summed E-state index contributed by atoms with van der Waals surface area (Å²) >= 11 is 0. The summed E-state index contributed by atoms with van der Waals surface area (Å²) in [6.07, 6.45) is 5.68. The van der Waals surface area contributed by atoms with Crippen molar-refractivity contribution in [2.75, 3.05) is 19.6 Å². The van der Waals surface area contributed by atoms with E-state index in [4.69, 9.17) is 0 Å². The van der Waals surface area contributed by atoms with E-state index >= 15 is 0 Å². The Bertz CT molecular complexity index is 786. The number of nitrogens with one attached hydrogen (secondary N) is 2. The fourth-order valence-corrected chi connectivity index (χ4v) is 4.36. The van der Waals surface area contributed by atoms with Gasteiger partial charge in [0.25, 0.3) is 0 Å². The third-order valence-electron chi connectivity index (χ3n) is 6.21. The SMILES string of the molecule is CC1(C(=O)NCCc2nccc(-c3ccccc3)n2)CC12CCNCC2. The molecule has 0 bridgehead atoms. The zero-order valence-corrected chi connectivity index (χ0v) is 15.3. The summed E-state index contributed by atoms with van der Waals surface area (Å²) in [6.45, 7) is 4.77. The Kier molecular flexibility index (Phi) is 4.49. The lowest BCUT2D eigenvalue weighted by Crippen LogP contribution is -2.39. The molecule has 2 fully saturated rings. The summed E-state index contributed by atoms with van der Waals surface area (Å²) in [7, 11) is 0.